The van der Waals surface area contributed by atoms with Crippen LogP contribution in [0.15, 0.2) is 30.3 Å². The summed E-state index contributed by atoms with van der Waals surface area (Å²) < 4.78 is 2.41. The molecule has 0 saturated heterocycles. The van der Waals surface area contributed by atoms with Gasteiger partial charge in [0.05, 0.1) is 11.0 Å². The number of carbonyl (C=O) groups is 1. The summed E-state index contributed by atoms with van der Waals surface area (Å²) in [4.78, 5) is 16.7. The van der Waals surface area contributed by atoms with E-state index < -0.39 is 0 Å². The van der Waals surface area contributed by atoms with Crippen molar-refractivity contribution in [2.45, 2.75) is 73.8 Å². The van der Waals surface area contributed by atoms with Gasteiger partial charge in [-0.25, -0.2) is 4.98 Å². The van der Waals surface area contributed by atoms with E-state index >= 15 is 0 Å². The molecule has 0 saturated carbocycles. The molecule has 0 aliphatic heterocycles. The topological polar surface area (TPSA) is 46.9 Å². The van der Waals surface area contributed by atoms with Crippen molar-refractivity contribution in [3.63, 3.8) is 0 Å². The standard InChI is InChI=1S/C27H37N3O/c1-18(2)27(31)28-15-11-7-8-14-26-29-24-12-9-10-13-25(24)30(26)17-23-21(5)19(3)16-20(4)22(23)6/h9-10,12-13,16,18H,7-8,11,14-15,17H2,1-6H3,(H,28,31). The minimum absolute atomic E-state index is 0.0529. The van der Waals surface area contributed by atoms with E-state index in [0.717, 1.165) is 50.1 Å². The Labute approximate surface area is 187 Å². The third kappa shape index (κ3) is 5.36. The average molecular weight is 420 g/mol. The molecule has 166 valence electrons. The fourth-order valence-corrected chi connectivity index (χ4v) is 4.19. The summed E-state index contributed by atoms with van der Waals surface area (Å²) in [7, 11) is 0. The number of nitrogens with zero attached hydrogens (tertiary/aromatic N) is 2. The largest absolute Gasteiger partial charge is 0.356 e. The molecule has 0 radical (unpaired) electrons. The Morgan fingerprint density at radius 2 is 1.68 bits per heavy atom. The molecule has 1 aromatic heterocycles. The van der Waals surface area contributed by atoms with Crippen LogP contribution >= 0.6 is 0 Å². The Morgan fingerprint density at radius 1 is 1.00 bits per heavy atom. The van der Waals surface area contributed by atoms with E-state index in [4.69, 9.17) is 4.98 Å². The lowest BCUT2D eigenvalue weighted by atomic mass is 9.94. The SMILES string of the molecule is Cc1cc(C)c(C)c(Cn2c(CCCCCNC(=O)C(C)C)nc3ccccc32)c1C. The van der Waals surface area contributed by atoms with E-state index in [2.05, 4.69) is 67.9 Å². The molecule has 4 heteroatoms. The molecule has 0 aliphatic carbocycles. The first-order valence-corrected chi connectivity index (χ1v) is 11.6. The Balaban J connectivity index is 1.75. The molecule has 1 heterocycles. The molecule has 0 spiro atoms. The number of aryl methyl sites for hydroxylation is 3. The first-order chi connectivity index (χ1) is 14.8. The van der Waals surface area contributed by atoms with Crippen molar-refractivity contribution in [3.8, 4) is 0 Å². The van der Waals surface area contributed by atoms with Crippen LogP contribution in [0.5, 0.6) is 0 Å². The van der Waals surface area contributed by atoms with Crippen molar-refractivity contribution in [1.82, 2.24) is 14.9 Å². The van der Waals surface area contributed by atoms with Gasteiger partial charge in [-0.05, 0) is 80.5 Å². The second-order valence-electron chi connectivity index (χ2n) is 9.10. The molecule has 0 unspecified atom stereocenters. The second kappa shape index (κ2) is 10.1. The number of hydrogen-bond donors (Lipinski definition) is 1. The van der Waals surface area contributed by atoms with Crippen LogP contribution in [0.4, 0.5) is 0 Å². The van der Waals surface area contributed by atoms with Crippen molar-refractivity contribution in [2.75, 3.05) is 6.54 Å². The molecular weight excluding hydrogens is 382 g/mol. The van der Waals surface area contributed by atoms with Gasteiger partial charge < -0.3 is 9.88 Å². The van der Waals surface area contributed by atoms with Gasteiger partial charge in [-0.3, -0.25) is 4.79 Å². The van der Waals surface area contributed by atoms with Crippen molar-refractivity contribution < 1.29 is 4.79 Å². The van der Waals surface area contributed by atoms with Crippen LogP contribution in [0.25, 0.3) is 11.0 Å². The second-order valence-corrected chi connectivity index (χ2v) is 9.10. The highest BCUT2D eigenvalue weighted by atomic mass is 16.1. The number of benzene rings is 2. The van der Waals surface area contributed by atoms with E-state index in [9.17, 15) is 4.79 Å². The van der Waals surface area contributed by atoms with Gasteiger partial charge in [0, 0.05) is 25.4 Å². The van der Waals surface area contributed by atoms with Gasteiger partial charge in [0.25, 0.3) is 0 Å². The molecule has 0 bridgehead atoms. The van der Waals surface area contributed by atoms with Crippen molar-refractivity contribution in [2.24, 2.45) is 5.92 Å². The lowest BCUT2D eigenvalue weighted by Gasteiger charge is -2.18. The summed E-state index contributed by atoms with van der Waals surface area (Å²) in [5.74, 6) is 1.35. The number of rotatable bonds is 9. The van der Waals surface area contributed by atoms with E-state index in [-0.39, 0.29) is 11.8 Å². The summed E-state index contributed by atoms with van der Waals surface area (Å²) in [6.07, 6.45) is 4.12. The number of aromatic nitrogens is 2. The summed E-state index contributed by atoms with van der Waals surface area (Å²) in [6.45, 7) is 14.4. The third-order valence-electron chi connectivity index (χ3n) is 6.47. The first-order valence-electron chi connectivity index (χ1n) is 11.6. The lowest BCUT2D eigenvalue weighted by Crippen LogP contribution is -2.28. The maximum atomic E-state index is 11.7. The normalized spacial score (nSPS) is 11.5. The van der Waals surface area contributed by atoms with Crippen LogP contribution in [0.3, 0.4) is 0 Å². The fourth-order valence-electron chi connectivity index (χ4n) is 4.19. The Hall–Kier alpha value is -2.62. The van der Waals surface area contributed by atoms with Gasteiger partial charge in [-0.1, -0.05) is 38.5 Å². The van der Waals surface area contributed by atoms with Crippen molar-refractivity contribution in [3.05, 3.63) is 64.0 Å². The number of carbonyl (C=O) groups excluding carboxylic acids is 1. The average Bonchev–Trinajstić information content (AvgIpc) is 3.09. The Morgan fingerprint density at radius 3 is 2.35 bits per heavy atom. The zero-order chi connectivity index (χ0) is 22.5. The van der Waals surface area contributed by atoms with Gasteiger partial charge in [-0.2, -0.15) is 0 Å². The molecule has 1 amide bonds. The zero-order valence-electron chi connectivity index (χ0n) is 20.0. The number of hydrogen-bond acceptors (Lipinski definition) is 2. The van der Waals surface area contributed by atoms with Crippen LogP contribution in [-0.2, 0) is 17.8 Å². The van der Waals surface area contributed by atoms with Gasteiger partial charge in [0.1, 0.15) is 5.82 Å². The predicted octanol–water partition coefficient (Wildman–Crippen LogP) is 5.80. The van der Waals surface area contributed by atoms with Crippen LogP contribution in [0.2, 0.25) is 0 Å². The number of nitrogens with one attached hydrogen (secondary N) is 1. The molecule has 1 N–H and O–H groups in total. The minimum Gasteiger partial charge on any atom is -0.356 e. The van der Waals surface area contributed by atoms with E-state index in [1.165, 1.54) is 33.3 Å². The van der Waals surface area contributed by atoms with Crippen LogP contribution < -0.4 is 5.32 Å². The van der Waals surface area contributed by atoms with Gasteiger partial charge >= 0.3 is 0 Å². The maximum absolute atomic E-state index is 11.7. The monoisotopic (exact) mass is 419 g/mol. The molecule has 3 aromatic rings. The van der Waals surface area contributed by atoms with E-state index in [1.807, 2.05) is 13.8 Å². The molecule has 3 rings (SSSR count). The van der Waals surface area contributed by atoms with Gasteiger partial charge in [0.2, 0.25) is 5.91 Å². The van der Waals surface area contributed by atoms with Crippen molar-refractivity contribution in [1.29, 1.82) is 0 Å². The number of fused-ring (bicyclic) bond motifs is 1. The summed E-state index contributed by atoms with van der Waals surface area (Å²) in [5.41, 5.74) is 9.17. The molecule has 0 atom stereocenters. The number of para-hydroxylation sites is 2. The minimum atomic E-state index is 0.0529. The molecular formula is C27H37N3O. The highest BCUT2D eigenvalue weighted by molar-refractivity contribution is 5.77. The Kier molecular flexibility index (Phi) is 7.53. The lowest BCUT2D eigenvalue weighted by molar-refractivity contribution is -0.123. The number of imidazole rings is 1. The van der Waals surface area contributed by atoms with Crippen molar-refractivity contribution >= 4 is 16.9 Å². The summed E-state index contributed by atoms with van der Waals surface area (Å²) in [5, 5.41) is 3.01. The first kappa shape index (κ1) is 23.1. The smallest absolute Gasteiger partial charge is 0.222 e. The van der Waals surface area contributed by atoms with Crippen LogP contribution in [0, 0.1) is 33.6 Å². The van der Waals surface area contributed by atoms with Crippen LogP contribution in [-0.4, -0.2) is 22.0 Å². The van der Waals surface area contributed by atoms with Gasteiger partial charge in [0.15, 0.2) is 0 Å². The summed E-state index contributed by atoms with van der Waals surface area (Å²) in [6, 6.07) is 10.7. The third-order valence-corrected chi connectivity index (χ3v) is 6.47. The highest BCUT2D eigenvalue weighted by Crippen LogP contribution is 2.26. The fraction of sp³-hybridized carbons (Fsp3) is 0.481. The van der Waals surface area contributed by atoms with E-state index in [0.29, 0.717) is 0 Å². The molecule has 0 aliphatic rings. The quantitative estimate of drug-likeness (QED) is 0.445. The number of unbranched alkanes of at least 4 members (excludes halogenated alkanes) is 2. The molecule has 2 aromatic carbocycles. The number of amides is 1. The zero-order valence-corrected chi connectivity index (χ0v) is 20.0. The van der Waals surface area contributed by atoms with E-state index in [1.54, 1.807) is 0 Å². The maximum Gasteiger partial charge on any atom is 0.222 e. The summed E-state index contributed by atoms with van der Waals surface area (Å²) >= 11 is 0. The highest BCUT2D eigenvalue weighted by Gasteiger charge is 2.15. The Bertz CT molecular complexity index is 1040. The van der Waals surface area contributed by atoms with Gasteiger partial charge in [-0.15, -0.1) is 0 Å². The molecule has 31 heavy (non-hydrogen) atoms. The predicted molar refractivity (Wildman–Crippen MR) is 130 cm³/mol. The van der Waals surface area contributed by atoms with Crippen LogP contribution in [0.1, 0.15) is 66.8 Å². The molecule has 4 nitrogen and oxygen atoms in total. The molecule has 0 fully saturated rings.